The van der Waals surface area contributed by atoms with Gasteiger partial charge in [-0.1, -0.05) is 25.5 Å². The highest BCUT2D eigenvalue weighted by Crippen LogP contribution is 2.06. The van der Waals surface area contributed by atoms with Crippen LogP contribution >= 0.6 is 12.4 Å². The number of aryl methyl sites for hydroxylation is 1. The highest BCUT2D eigenvalue weighted by molar-refractivity contribution is 5.85. The fraction of sp³-hybridized carbons (Fsp3) is 0.273. The Morgan fingerprint density at radius 1 is 1.33 bits per heavy atom. The number of aromatic nitrogens is 2. The molecule has 0 aliphatic rings. The number of hydrogen-bond acceptors (Lipinski definition) is 2. The third kappa shape index (κ3) is 2.36. The molecule has 0 radical (unpaired) electrons. The van der Waals surface area contributed by atoms with Crippen molar-refractivity contribution in [1.29, 1.82) is 0 Å². The number of aromatic amines is 1. The second kappa shape index (κ2) is 4.94. The van der Waals surface area contributed by atoms with Crippen LogP contribution in [0.4, 0.5) is 0 Å². The zero-order chi connectivity index (χ0) is 9.97. The minimum Gasteiger partial charge on any atom is -0.319 e. The molecule has 2 rings (SSSR count). The maximum absolute atomic E-state index is 11.5. The van der Waals surface area contributed by atoms with E-state index < -0.39 is 0 Å². The van der Waals surface area contributed by atoms with Gasteiger partial charge in [0.1, 0.15) is 5.69 Å². The maximum atomic E-state index is 11.5. The summed E-state index contributed by atoms with van der Waals surface area (Å²) in [5.41, 5.74) is 2.23. The van der Waals surface area contributed by atoms with Crippen molar-refractivity contribution >= 4 is 23.4 Å². The smallest absolute Gasteiger partial charge is 0.270 e. The molecule has 0 fully saturated rings. The average molecular weight is 225 g/mol. The molecule has 0 aliphatic carbocycles. The highest BCUT2D eigenvalue weighted by Gasteiger charge is 2.02. The molecule has 1 N–H and O–H groups in total. The summed E-state index contributed by atoms with van der Waals surface area (Å²) in [5, 5.41) is 0. The van der Waals surface area contributed by atoms with Crippen LogP contribution in [-0.4, -0.2) is 9.97 Å². The molecule has 0 aliphatic heterocycles. The van der Waals surface area contributed by atoms with Crippen LogP contribution in [0, 0.1) is 0 Å². The van der Waals surface area contributed by atoms with E-state index in [1.807, 2.05) is 31.2 Å². The summed E-state index contributed by atoms with van der Waals surface area (Å²) in [6.45, 7) is 2.04. The molecule has 0 spiro atoms. The largest absolute Gasteiger partial charge is 0.319 e. The van der Waals surface area contributed by atoms with Crippen molar-refractivity contribution < 1.29 is 0 Å². The first-order valence-corrected chi connectivity index (χ1v) is 4.79. The van der Waals surface area contributed by atoms with E-state index in [2.05, 4.69) is 9.97 Å². The Bertz CT molecular complexity index is 507. The van der Waals surface area contributed by atoms with Crippen LogP contribution in [0.15, 0.2) is 29.1 Å². The van der Waals surface area contributed by atoms with Crippen LogP contribution in [0.5, 0.6) is 0 Å². The fourth-order valence-corrected chi connectivity index (χ4v) is 1.47. The van der Waals surface area contributed by atoms with Gasteiger partial charge in [0.25, 0.3) is 5.56 Å². The van der Waals surface area contributed by atoms with Crippen LogP contribution in [0.2, 0.25) is 0 Å². The van der Waals surface area contributed by atoms with E-state index in [0.717, 1.165) is 23.9 Å². The van der Waals surface area contributed by atoms with Crippen LogP contribution in [0.25, 0.3) is 11.0 Å². The molecule has 0 atom stereocenters. The molecule has 4 heteroatoms. The van der Waals surface area contributed by atoms with Crippen molar-refractivity contribution in [3.05, 3.63) is 40.3 Å². The third-order valence-electron chi connectivity index (χ3n) is 2.16. The van der Waals surface area contributed by atoms with Crippen molar-refractivity contribution in [3.63, 3.8) is 0 Å². The predicted molar refractivity (Wildman–Crippen MR) is 63.6 cm³/mol. The van der Waals surface area contributed by atoms with E-state index in [-0.39, 0.29) is 18.0 Å². The Morgan fingerprint density at radius 3 is 2.80 bits per heavy atom. The lowest BCUT2D eigenvalue weighted by atomic mass is 10.2. The number of nitrogens with zero attached hydrogens (tertiary/aromatic N) is 1. The number of fused-ring (bicyclic) bond motifs is 1. The number of H-pyrrole nitrogens is 1. The highest BCUT2D eigenvalue weighted by atomic mass is 35.5. The van der Waals surface area contributed by atoms with Crippen LogP contribution < -0.4 is 5.56 Å². The second-order valence-electron chi connectivity index (χ2n) is 3.28. The molecule has 0 unspecified atom stereocenters. The molecule has 2 aromatic rings. The summed E-state index contributed by atoms with van der Waals surface area (Å²) in [5.74, 6) is 0. The first-order chi connectivity index (χ1) is 6.81. The average Bonchev–Trinajstić information content (AvgIpc) is 2.19. The summed E-state index contributed by atoms with van der Waals surface area (Å²) < 4.78 is 0. The van der Waals surface area contributed by atoms with Crippen LogP contribution in [-0.2, 0) is 6.42 Å². The molecule has 0 saturated heterocycles. The molecule has 0 bridgehead atoms. The van der Waals surface area contributed by atoms with Gasteiger partial charge in [-0.15, -0.1) is 12.4 Å². The number of benzene rings is 1. The predicted octanol–water partition coefficient (Wildman–Crippen LogP) is 2.30. The zero-order valence-electron chi connectivity index (χ0n) is 8.49. The van der Waals surface area contributed by atoms with E-state index in [9.17, 15) is 4.79 Å². The molecule has 1 aromatic heterocycles. The minimum absolute atomic E-state index is 0. The quantitative estimate of drug-likeness (QED) is 0.851. The number of rotatable bonds is 2. The van der Waals surface area contributed by atoms with Gasteiger partial charge in [0.05, 0.1) is 11.0 Å². The Hall–Kier alpha value is -1.35. The number of nitrogens with one attached hydrogen (secondary N) is 1. The molecular formula is C11H13ClN2O. The van der Waals surface area contributed by atoms with Crippen molar-refractivity contribution in [2.24, 2.45) is 0 Å². The fourth-order valence-electron chi connectivity index (χ4n) is 1.47. The third-order valence-corrected chi connectivity index (χ3v) is 2.16. The van der Waals surface area contributed by atoms with Crippen molar-refractivity contribution in [2.75, 3.05) is 0 Å². The van der Waals surface area contributed by atoms with E-state index in [1.165, 1.54) is 0 Å². The summed E-state index contributed by atoms with van der Waals surface area (Å²) in [7, 11) is 0. The topological polar surface area (TPSA) is 45.8 Å². The van der Waals surface area contributed by atoms with Crippen LogP contribution in [0.3, 0.4) is 0 Å². The summed E-state index contributed by atoms with van der Waals surface area (Å²) in [6.07, 6.45) is 1.68. The van der Waals surface area contributed by atoms with E-state index in [0.29, 0.717) is 5.69 Å². The first-order valence-electron chi connectivity index (χ1n) is 4.79. The van der Waals surface area contributed by atoms with Gasteiger partial charge in [-0.05, 0) is 18.6 Å². The minimum atomic E-state index is -0.0643. The monoisotopic (exact) mass is 224 g/mol. The molecule has 0 amide bonds. The number of halogens is 1. The van der Waals surface area contributed by atoms with E-state index in [1.54, 1.807) is 0 Å². The summed E-state index contributed by atoms with van der Waals surface area (Å²) >= 11 is 0. The molecule has 3 nitrogen and oxygen atoms in total. The van der Waals surface area contributed by atoms with E-state index >= 15 is 0 Å². The van der Waals surface area contributed by atoms with Crippen LogP contribution in [0.1, 0.15) is 19.0 Å². The lowest BCUT2D eigenvalue weighted by Crippen LogP contribution is -2.14. The van der Waals surface area contributed by atoms with Gasteiger partial charge in [0.2, 0.25) is 0 Å². The molecular weight excluding hydrogens is 212 g/mol. The SMILES string of the molecule is CCCc1nc2ccccc2[nH]c1=O.Cl. The molecule has 80 valence electrons. The Kier molecular flexibility index (Phi) is 3.86. The van der Waals surface area contributed by atoms with Gasteiger partial charge < -0.3 is 4.98 Å². The second-order valence-corrected chi connectivity index (χ2v) is 3.28. The molecule has 0 saturated carbocycles. The number of hydrogen-bond donors (Lipinski definition) is 1. The summed E-state index contributed by atoms with van der Waals surface area (Å²) in [4.78, 5) is 18.7. The molecule has 15 heavy (non-hydrogen) atoms. The van der Waals surface area contributed by atoms with Crippen molar-refractivity contribution in [1.82, 2.24) is 9.97 Å². The van der Waals surface area contributed by atoms with E-state index in [4.69, 9.17) is 0 Å². The molecule has 1 heterocycles. The molecule has 1 aromatic carbocycles. The van der Waals surface area contributed by atoms with Crippen molar-refractivity contribution in [3.8, 4) is 0 Å². The van der Waals surface area contributed by atoms with Gasteiger partial charge in [-0.25, -0.2) is 4.98 Å². The van der Waals surface area contributed by atoms with Gasteiger partial charge in [0.15, 0.2) is 0 Å². The lowest BCUT2D eigenvalue weighted by molar-refractivity contribution is 0.867. The Labute approximate surface area is 94.0 Å². The van der Waals surface area contributed by atoms with Gasteiger partial charge in [0, 0.05) is 0 Å². The standard InChI is InChI=1S/C11H12N2O.ClH/c1-2-5-10-11(14)13-9-7-4-3-6-8(9)12-10;/h3-4,6-7H,2,5H2,1H3,(H,13,14);1H. The van der Waals surface area contributed by atoms with Crippen molar-refractivity contribution in [2.45, 2.75) is 19.8 Å². The maximum Gasteiger partial charge on any atom is 0.270 e. The van der Waals surface area contributed by atoms with Gasteiger partial charge in [-0.3, -0.25) is 4.79 Å². The number of para-hydroxylation sites is 2. The van der Waals surface area contributed by atoms with Gasteiger partial charge >= 0.3 is 0 Å². The lowest BCUT2D eigenvalue weighted by Gasteiger charge is -1.99. The Morgan fingerprint density at radius 2 is 2.07 bits per heavy atom. The first kappa shape index (κ1) is 11.7. The van der Waals surface area contributed by atoms with Gasteiger partial charge in [-0.2, -0.15) is 0 Å². The zero-order valence-corrected chi connectivity index (χ0v) is 9.30. The Balaban J connectivity index is 0.00000112. The summed E-state index contributed by atoms with van der Waals surface area (Å²) in [6, 6.07) is 7.58. The normalized spacial score (nSPS) is 9.93.